The quantitative estimate of drug-likeness (QED) is 0.325. The van der Waals surface area contributed by atoms with Gasteiger partial charge in [-0.2, -0.15) is 4.31 Å². The van der Waals surface area contributed by atoms with Gasteiger partial charge in [0.15, 0.2) is 5.96 Å². The number of halogens is 1. The van der Waals surface area contributed by atoms with Crippen LogP contribution in [-0.4, -0.2) is 68.0 Å². The molecule has 1 N–H and O–H groups in total. The molecule has 2 fully saturated rings. The van der Waals surface area contributed by atoms with E-state index < -0.39 is 10.0 Å². The van der Waals surface area contributed by atoms with E-state index in [0.29, 0.717) is 43.7 Å². The van der Waals surface area contributed by atoms with Gasteiger partial charge in [0.05, 0.1) is 5.69 Å². The summed E-state index contributed by atoms with van der Waals surface area (Å²) in [4.78, 5) is 7.12. The number of hydrogen-bond acceptors (Lipinski definition) is 5. The highest BCUT2D eigenvalue weighted by molar-refractivity contribution is 14.0. The fourth-order valence-electron chi connectivity index (χ4n) is 5.12. The second-order valence-electron chi connectivity index (χ2n) is 8.58. The smallest absolute Gasteiger partial charge is 0.220 e. The molecule has 1 aromatic heterocycles. The molecule has 10 heteroatoms. The van der Waals surface area contributed by atoms with Crippen molar-refractivity contribution in [1.82, 2.24) is 19.7 Å². The molecule has 1 saturated heterocycles. The Kier molecular flexibility index (Phi) is 7.11. The second kappa shape index (κ2) is 9.68. The van der Waals surface area contributed by atoms with Crippen molar-refractivity contribution in [1.29, 1.82) is 0 Å². The lowest BCUT2D eigenvalue weighted by Crippen LogP contribution is -2.54. The Morgan fingerprint density at radius 3 is 2.72 bits per heavy atom. The number of nitrogens with one attached hydrogen (secondary N) is 1. The molecular weight excluding hydrogens is 541 g/mol. The maximum atomic E-state index is 12.7. The zero-order valence-electron chi connectivity index (χ0n) is 18.2. The van der Waals surface area contributed by atoms with Gasteiger partial charge >= 0.3 is 0 Å². The van der Waals surface area contributed by atoms with Gasteiger partial charge < -0.3 is 14.7 Å². The molecule has 1 aliphatic heterocycles. The first-order valence-corrected chi connectivity index (χ1v) is 12.7. The molecule has 8 nitrogen and oxygen atoms in total. The summed E-state index contributed by atoms with van der Waals surface area (Å²) in [5.41, 5.74) is 3.46. The molecule has 0 radical (unpaired) electrons. The van der Waals surface area contributed by atoms with Gasteiger partial charge in [-0.3, -0.25) is 4.99 Å². The van der Waals surface area contributed by atoms with Crippen LogP contribution < -0.4 is 5.32 Å². The standard InChI is InChI=1S/C22H29N5O3S.HI/c1-2-23-22(24-14-20-19-13-16-5-3-4-6-18(16)21(19)20)26-8-10-27(11-9-26)31(28,29)15-17-7-12-30-25-17;/h3-7,12,19-21H,2,8-11,13-15H2,1H3,(H,23,24);1H. The molecule has 5 rings (SSSR count). The third-order valence-electron chi connectivity index (χ3n) is 6.74. The second-order valence-corrected chi connectivity index (χ2v) is 10.6. The number of guanidine groups is 1. The van der Waals surface area contributed by atoms with Gasteiger partial charge in [-0.25, -0.2) is 8.42 Å². The van der Waals surface area contributed by atoms with Crippen LogP contribution in [0.25, 0.3) is 0 Å². The van der Waals surface area contributed by atoms with Gasteiger partial charge in [0.1, 0.15) is 12.0 Å². The highest BCUT2D eigenvalue weighted by Gasteiger charge is 2.55. The van der Waals surface area contributed by atoms with Crippen LogP contribution in [0.5, 0.6) is 0 Å². The van der Waals surface area contributed by atoms with Gasteiger partial charge in [-0.05, 0) is 42.2 Å². The number of rotatable bonds is 6. The Morgan fingerprint density at radius 2 is 2.00 bits per heavy atom. The van der Waals surface area contributed by atoms with Crippen molar-refractivity contribution < 1.29 is 12.9 Å². The Balaban J connectivity index is 0.00000245. The number of sulfonamides is 1. The molecule has 0 amide bonds. The van der Waals surface area contributed by atoms with E-state index in [9.17, 15) is 8.42 Å². The Bertz CT molecular complexity index is 1050. The van der Waals surface area contributed by atoms with Crippen molar-refractivity contribution in [3.63, 3.8) is 0 Å². The lowest BCUT2D eigenvalue weighted by atomic mass is 10.0. The van der Waals surface area contributed by atoms with Gasteiger partial charge in [0.25, 0.3) is 0 Å². The van der Waals surface area contributed by atoms with E-state index in [0.717, 1.165) is 25.0 Å². The van der Waals surface area contributed by atoms with Crippen LogP contribution in [0, 0.1) is 11.8 Å². The first-order valence-electron chi connectivity index (χ1n) is 11.0. The highest BCUT2D eigenvalue weighted by Crippen LogP contribution is 2.61. The van der Waals surface area contributed by atoms with E-state index in [1.807, 2.05) is 0 Å². The Morgan fingerprint density at radius 1 is 1.22 bits per heavy atom. The molecule has 3 aliphatic rings. The summed E-state index contributed by atoms with van der Waals surface area (Å²) in [6, 6.07) is 10.4. The van der Waals surface area contributed by atoms with Crippen LogP contribution >= 0.6 is 24.0 Å². The minimum Gasteiger partial charge on any atom is -0.364 e. The predicted octanol–water partition coefficient (Wildman–Crippen LogP) is 2.29. The predicted molar refractivity (Wildman–Crippen MR) is 134 cm³/mol. The van der Waals surface area contributed by atoms with Crippen LogP contribution in [0.15, 0.2) is 46.1 Å². The first-order chi connectivity index (χ1) is 15.1. The zero-order chi connectivity index (χ0) is 21.4. The number of fused-ring (bicyclic) bond motifs is 3. The average molecular weight is 571 g/mol. The molecule has 0 bridgehead atoms. The van der Waals surface area contributed by atoms with Crippen LogP contribution in [0.3, 0.4) is 0 Å². The number of aromatic nitrogens is 1. The Labute approximate surface area is 206 Å². The molecule has 3 atom stereocenters. The van der Waals surface area contributed by atoms with Gasteiger partial charge in [-0.15, -0.1) is 24.0 Å². The van der Waals surface area contributed by atoms with Crippen molar-refractivity contribution in [2.75, 3.05) is 39.3 Å². The van der Waals surface area contributed by atoms with E-state index in [4.69, 9.17) is 9.52 Å². The molecule has 2 heterocycles. The van der Waals surface area contributed by atoms with Crippen molar-refractivity contribution in [2.24, 2.45) is 16.8 Å². The average Bonchev–Trinajstić information content (AvgIpc) is 3.09. The molecule has 0 spiro atoms. The van der Waals surface area contributed by atoms with E-state index in [1.54, 1.807) is 10.4 Å². The highest BCUT2D eigenvalue weighted by atomic mass is 127. The molecule has 3 unspecified atom stereocenters. The van der Waals surface area contributed by atoms with Crippen molar-refractivity contribution in [3.05, 3.63) is 53.4 Å². The van der Waals surface area contributed by atoms with Crippen LogP contribution in [0.4, 0.5) is 0 Å². The van der Waals surface area contributed by atoms with Gasteiger partial charge in [0, 0.05) is 45.3 Å². The lowest BCUT2D eigenvalue weighted by molar-refractivity contribution is 0.259. The number of benzene rings is 1. The summed E-state index contributed by atoms with van der Waals surface area (Å²) in [7, 11) is -3.40. The topological polar surface area (TPSA) is 91.0 Å². The van der Waals surface area contributed by atoms with E-state index in [1.165, 1.54) is 23.8 Å². The van der Waals surface area contributed by atoms with E-state index in [-0.39, 0.29) is 29.7 Å². The molecule has 32 heavy (non-hydrogen) atoms. The summed E-state index contributed by atoms with van der Waals surface area (Å²) in [6.07, 6.45) is 2.58. The Hall–Kier alpha value is -1.66. The normalized spacial score (nSPS) is 25.1. The van der Waals surface area contributed by atoms with Crippen LogP contribution in [-0.2, 0) is 22.2 Å². The maximum Gasteiger partial charge on any atom is 0.220 e. The monoisotopic (exact) mass is 571 g/mol. The van der Waals surface area contributed by atoms with Gasteiger partial charge in [0.2, 0.25) is 10.0 Å². The third-order valence-corrected chi connectivity index (χ3v) is 8.55. The lowest BCUT2D eigenvalue weighted by Gasteiger charge is -2.35. The number of hydrogen-bond donors (Lipinski definition) is 1. The van der Waals surface area contributed by atoms with E-state index >= 15 is 0 Å². The largest absolute Gasteiger partial charge is 0.364 e. The minimum atomic E-state index is -3.40. The van der Waals surface area contributed by atoms with Crippen LogP contribution in [0.2, 0.25) is 0 Å². The van der Waals surface area contributed by atoms with E-state index in [2.05, 4.69) is 46.6 Å². The summed E-state index contributed by atoms with van der Waals surface area (Å²) >= 11 is 0. The fourth-order valence-corrected chi connectivity index (χ4v) is 6.54. The molecule has 174 valence electrons. The SMILES string of the molecule is CCNC(=NCC1C2Cc3ccccc3C12)N1CCN(S(=O)(=O)Cc2ccon2)CC1.I. The third kappa shape index (κ3) is 4.67. The zero-order valence-corrected chi connectivity index (χ0v) is 21.3. The fraction of sp³-hybridized carbons (Fsp3) is 0.545. The number of nitrogens with zero attached hydrogens (tertiary/aromatic N) is 4. The van der Waals surface area contributed by atoms with Gasteiger partial charge in [-0.1, -0.05) is 29.4 Å². The molecular formula is C22H30IN5O3S. The summed E-state index contributed by atoms with van der Waals surface area (Å²) < 4.78 is 31.6. The molecule has 1 saturated carbocycles. The summed E-state index contributed by atoms with van der Waals surface area (Å²) in [5.74, 6) is 2.81. The molecule has 1 aromatic carbocycles. The number of aliphatic imine (C=N–C) groups is 1. The maximum absolute atomic E-state index is 12.7. The van der Waals surface area contributed by atoms with Crippen molar-refractivity contribution in [3.8, 4) is 0 Å². The minimum absolute atomic E-state index is 0. The number of piperazine rings is 1. The van der Waals surface area contributed by atoms with Crippen molar-refractivity contribution >= 4 is 40.0 Å². The van der Waals surface area contributed by atoms with Crippen LogP contribution in [0.1, 0.15) is 29.7 Å². The van der Waals surface area contributed by atoms with Crippen molar-refractivity contribution in [2.45, 2.75) is 25.0 Å². The molecule has 2 aromatic rings. The molecule has 2 aliphatic carbocycles. The summed E-state index contributed by atoms with van der Waals surface area (Å²) in [5, 5.41) is 7.12. The first kappa shape index (κ1) is 23.5. The summed E-state index contributed by atoms with van der Waals surface area (Å²) in [6.45, 7) is 5.85.